The Balaban J connectivity index is 1.58. The number of morpholine rings is 1. The van der Waals surface area contributed by atoms with Gasteiger partial charge in [-0.25, -0.2) is 8.42 Å². The highest BCUT2D eigenvalue weighted by molar-refractivity contribution is 7.91. The van der Waals surface area contributed by atoms with E-state index < -0.39 is 10.0 Å². The van der Waals surface area contributed by atoms with Crippen molar-refractivity contribution in [2.24, 2.45) is 0 Å². The Morgan fingerprint density at radius 1 is 1.12 bits per heavy atom. The van der Waals surface area contributed by atoms with Crippen LogP contribution in [0.3, 0.4) is 0 Å². The van der Waals surface area contributed by atoms with Crippen LogP contribution in [-0.4, -0.2) is 87.0 Å². The van der Waals surface area contributed by atoms with Crippen molar-refractivity contribution < 1.29 is 17.9 Å². The van der Waals surface area contributed by atoms with Gasteiger partial charge in [-0.3, -0.25) is 9.69 Å². The summed E-state index contributed by atoms with van der Waals surface area (Å²) in [5, 5.41) is 0. The predicted octanol–water partition coefficient (Wildman–Crippen LogP) is 0.610. The number of amides is 1. The quantitative estimate of drug-likeness (QED) is 0.757. The Hall–Kier alpha value is -1.00. The van der Waals surface area contributed by atoms with Crippen LogP contribution < -0.4 is 0 Å². The summed E-state index contributed by atoms with van der Waals surface area (Å²) < 4.78 is 32.6. The van der Waals surface area contributed by atoms with E-state index in [4.69, 9.17) is 4.74 Å². The first-order chi connectivity index (χ1) is 11.9. The molecule has 2 aliphatic rings. The Labute approximate surface area is 153 Å². The number of hydrogen-bond donors (Lipinski definition) is 0. The smallest absolute Gasteiger partial charge is 0.252 e. The maximum Gasteiger partial charge on any atom is 0.252 e. The number of carbonyl (C=O) groups excluding carboxylic acids is 1. The molecule has 3 heterocycles. The summed E-state index contributed by atoms with van der Waals surface area (Å²) >= 11 is 1.30. The number of aryl methyl sites for hydroxylation is 1. The van der Waals surface area contributed by atoms with Crippen molar-refractivity contribution in [2.45, 2.75) is 24.1 Å². The Morgan fingerprint density at radius 2 is 1.76 bits per heavy atom. The molecule has 1 atom stereocenters. The molecule has 0 aromatic carbocycles. The van der Waals surface area contributed by atoms with E-state index in [9.17, 15) is 13.2 Å². The molecule has 7 nitrogen and oxygen atoms in total. The van der Waals surface area contributed by atoms with Gasteiger partial charge in [0.05, 0.1) is 19.3 Å². The van der Waals surface area contributed by atoms with Crippen LogP contribution in [0.1, 0.15) is 11.8 Å². The number of rotatable bonds is 4. The largest absolute Gasteiger partial charge is 0.378 e. The molecular formula is C16H25N3O4S2. The SMILES string of the molecule is Cc1ccc(S(=O)(=O)N2CCN([C@@H](C)C(=O)N3CCOCC3)CC2)s1. The first kappa shape index (κ1) is 18.8. The van der Waals surface area contributed by atoms with Gasteiger partial charge in [0.2, 0.25) is 5.91 Å². The van der Waals surface area contributed by atoms with Crippen LogP contribution in [-0.2, 0) is 19.6 Å². The molecular weight excluding hydrogens is 362 g/mol. The van der Waals surface area contributed by atoms with Crippen LogP contribution in [0.2, 0.25) is 0 Å². The molecule has 140 valence electrons. The number of ether oxygens (including phenoxy) is 1. The summed E-state index contributed by atoms with van der Waals surface area (Å²) in [6.07, 6.45) is 0. The van der Waals surface area contributed by atoms with E-state index in [0.717, 1.165) is 4.88 Å². The molecule has 1 aromatic heterocycles. The average Bonchev–Trinajstić information content (AvgIpc) is 3.08. The summed E-state index contributed by atoms with van der Waals surface area (Å²) in [6, 6.07) is 3.27. The minimum absolute atomic E-state index is 0.105. The molecule has 0 N–H and O–H groups in total. The first-order valence-corrected chi connectivity index (χ1v) is 10.8. The predicted molar refractivity (Wildman–Crippen MR) is 96.2 cm³/mol. The van der Waals surface area contributed by atoms with E-state index >= 15 is 0 Å². The fourth-order valence-corrected chi connectivity index (χ4v) is 6.07. The van der Waals surface area contributed by atoms with Gasteiger partial charge in [-0.1, -0.05) is 0 Å². The molecule has 2 fully saturated rings. The second-order valence-corrected chi connectivity index (χ2v) is 9.87. The zero-order valence-electron chi connectivity index (χ0n) is 14.7. The zero-order valence-corrected chi connectivity index (χ0v) is 16.3. The highest BCUT2D eigenvalue weighted by atomic mass is 32.2. The second kappa shape index (κ2) is 7.71. The van der Waals surface area contributed by atoms with Gasteiger partial charge >= 0.3 is 0 Å². The molecule has 0 spiro atoms. The number of thiophene rings is 1. The van der Waals surface area contributed by atoms with Crippen LogP contribution in [0.5, 0.6) is 0 Å². The molecule has 0 aliphatic carbocycles. The lowest BCUT2D eigenvalue weighted by Crippen LogP contribution is -2.56. The van der Waals surface area contributed by atoms with Gasteiger partial charge in [0.25, 0.3) is 10.0 Å². The molecule has 1 amide bonds. The van der Waals surface area contributed by atoms with Gasteiger partial charge in [0.1, 0.15) is 4.21 Å². The zero-order chi connectivity index (χ0) is 18.0. The Bertz CT molecular complexity index is 705. The molecule has 25 heavy (non-hydrogen) atoms. The van der Waals surface area contributed by atoms with Crippen molar-refractivity contribution in [3.63, 3.8) is 0 Å². The van der Waals surface area contributed by atoms with E-state index in [1.807, 2.05) is 24.8 Å². The third-order valence-corrected chi connectivity index (χ3v) is 8.18. The van der Waals surface area contributed by atoms with Crippen molar-refractivity contribution in [2.75, 3.05) is 52.5 Å². The van der Waals surface area contributed by atoms with Crippen LogP contribution in [0.4, 0.5) is 0 Å². The van der Waals surface area contributed by atoms with E-state index in [-0.39, 0.29) is 11.9 Å². The first-order valence-electron chi connectivity index (χ1n) is 8.57. The topological polar surface area (TPSA) is 70.2 Å². The van der Waals surface area contributed by atoms with Gasteiger partial charge in [0.15, 0.2) is 0 Å². The summed E-state index contributed by atoms with van der Waals surface area (Å²) in [7, 11) is -3.42. The van der Waals surface area contributed by atoms with Crippen LogP contribution in [0, 0.1) is 6.92 Å². The molecule has 0 bridgehead atoms. The minimum atomic E-state index is -3.42. The average molecular weight is 388 g/mol. The van der Waals surface area contributed by atoms with Crippen molar-refractivity contribution in [3.05, 3.63) is 17.0 Å². The van der Waals surface area contributed by atoms with Crippen LogP contribution in [0.25, 0.3) is 0 Å². The van der Waals surface area contributed by atoms with E-state index in [2.05, 4.69) is 4.90 Å². The van der Waals surface area contributed by atoms with E-state index in [0.29, 0.717) is 56.7 Å². The molecule has 0 radical (unpaired) electrons. The second-order valence-electron chi connectivity index (χ2n) is 6.42. The summed E-state index contributed by atoms with van der Waals surface area (Å²) in [6.45, 7) is 8.23. The van der Waals surface area contributed by atoms with Gasteiger partial charge in [0, 0.05) is 44.1 Å². The molecule has 3 rings (SSSR count). The van der Waals surface area contributed by atoms with Gasteiger partial charge < -0.3 is 9.64 Å². The number of hydrogen-bond acceptors (Lipinski definition) is 6. The van der Waals surface area contributed by atoms with Crippen LogP contribution in [0.15, 0.2) is 16.3 Å². The summed E-state index contributed by atoms with van der Waals surface area (Å²) in [5.41, 5.74) is 0. The van der Waals surface area contributed by atoms with E-state index in [1.165, 1.54) is 15.6 Å². The normalized spacial score (nSPS) is 22.1. The van der Waals surface area contributed by atoms with Crippen molar-refractivity contribution in [1.82, 2.24) is 14.1 Å². The van der Waals surface area contributed by atoms with Crippen LogP contribution >= 0.6 is 11.3 Å². The third-order valence-electron chi connectivity index (χ3n) is 4.81. The number of piperazine rings is 1. The lowest BCUT2D eigenvalue weighted by atomic mass is 10.2. The van der Waals surface area contributed by atoms with Gasteiger partial charge in [-0.2, -0.15) is 4.31 Å². The fraction of sp³-hybridized carbons (Fsp3) is 0.688. The third kappa shape index (κ3) is 4.06. The van der Waals surface area contributed by atoms with Crippen molar-refractivity contribution >= 4 is 27.3 Å². The Kier molecular flexibility index (Phi) is 5.79. The molecule has 2 aliphatic heterocycles. The Morgan fingerprint density at radius 3 is 2.32 bits per heavy atom. The lowest BCUT2D eigenvalue weighted by molar-refractivity contribution is -0.140. The number of sulfonamides is 1. The number of nitrogens with zero attached hydrogens (tertiary/aromatic N) is 3. The highest BCUT2D eigenvalue weighted by Crippen LogP contribution is 2.25. The molecule has 2 saturated heterocycles. The molecule has 1 aromatic rings. The van der Waals surface area contributed by atoms with Crippen molar-refractivity contribution in [3.8, 4) is 0 Å². The fourth-order valence-electron chi connectivity index (χ4n) is 3.21. The molecule has 0 saturated carbocycles. The molecule has 0 unspecified atom stereocenters. The monoisotopic (exact) mass is 387 g/mol. The maximum absolute atomic E-state index is 12.7. The standard InChI is InChI=1S/C16H25N3O4S2/c1-13-3-4-15(24-13)25(21,22)19-7-5-17(6-8-19)14(2)16(20)18-9-11-23-12-10-18/h3-4,14H,5-12H2,1-2H3/t14-/m0/s1. The van der Waals surface area contributed by atoms with Gasteiger partial charge in [-0.15, -0.1) is 11.3 Å². The molecule has 9 heteroatoms. The summed E-state index contributed by atoms with van der Waals surface area (Å²) in [4.78, 5) is 17.5. The summed E-state index contributed by atoms with van der Waals surface area (Å²) in [5.74, 6) is 0.105. The van der Waals surface area contributed by atoms with Crippen molar-refractivity contribution in [1.29, 1.82) is 0 Å². The number of carbonyl (C=O) groups is 1. The maximum atomic E-state index is 12.7. The van der Waals surface area contributed by atoms with Gasteiger partial charge in [-0.05, 0) is 26.0 Å². The minimum Gasteiger partial charge on any atom is -0.378 e. The van der Waals surface area contributed by atoms with E-state index in [1.54, 1.807) is 6.07 Å². The lowest BCUT2D eigenvalue weighted by Gasteiger charge is -2.38. The highest BCUT2D eigenvalue weighted by Gasteiger charge is 2.33.